The molecule has 0 bridgehead atoms. The van der Waals surface area contributed by atoms with Gasteiger partial charge in [0.15, 0.2) is 17.4 Å². The zero-order valence-electron chi connectivity index (χ0n) is 9.85. The molecule has 0 atom stereocenters. The first-order chi connectivity index (χ1) is 8.38. The van der Waals surface area contributed by atoms with E-state index in [9.17, 15) is 18.0 Å². The Morgan fingerprint density at radius 3 is 2.44 bits per heavy atom. The van der Waals surface area contributed by atoms with Gasteiger partial charge in [0.25, 0.3) is 0 Å². The minimum Gasteiger partial charge on any atom is -0.491 e. The minimum absolute atomic E-state index is 0.139. The van der Waals surface area contributed by atoms with Crippen LogP contribution in [0.25, 0.3) is 0 Å². The number of ether oxygens (including phenoxy) is 2. The quantitative estimate of drug-likeness (QED) is 0.474. The van der Waals surface area contributed by atoms with E-state index in [-0.39, 0.29) is 6.61 Å². The van der Waals surface area contributed by atoms with Gasteiger partial charge >= 0.3 is 5.97 Å². The molecule has 1 rings (SSSR count). The second-order valence-electron chi connectivity index (χ2n) is 3.60. The Morgan fingerprint density at radius 2 is 1.94 bits per heavy atom. The van der Waals surface area contributed by atoms with Gasteiger partial charge in [-0.1, -0.05) is 6.58 Å². The first kappa shape index (κ1) is 14.1. The molecule has 18 heavy (non-hydrogen) atoms. The van der Waals surface area contributed by atoms with Crippen LogP contribution >= 0.6 is 0 Å². The number of methoxy groups -OCH3 is 1. The van der Waals surface area contributed by atoms with Crippen molar-refractivity contribution in [1.29, 1.82) is 0 Å². The molecular formula is C12H11F3O3. The molecule has 98 valence electrons. The molecule has 0 spiro atoms. The van der Waals surface area contributed by atoms with Gasteiger partial charge in [-0.2, -0.15) is 4.39 Å². The van der Waals surface area contributed by atoms with E-state index in [1.54, 1.807) is 6.92 Å². The van der Waals surface area contributed by atoms with Gasteiger partial charge in [0.2, 0.25) is 5.82 Å². The highest BCUT2D eigenvalue weighted by atomic mass is 19.2. The summed E-state index contributed by atoms with van der Waals surface area (Å²) in [5.74, 6) is -6.27. The highest BCUT2D eigenvalue weighted by Gasteiger charge is 2.24. The third-order valence-electron chi connectivity index (χ3n) is 1.99. The number of benzene rings is 1. The van der Waals surface area contributed by atoms with Crippen molar-refractivity contribution in [3.8, 4) is 5.75 Å². The lowest BCUT2D eigenvalue weighted by molar-refractivity contribution is 0.0533. The summed E-state index contributed by atoms with van der Waals surface area (Å²) in [4.78, 5) is 11.5. The number of carbonyl (C=O) groups is 1. The summed E-state index contributed by atoms with van der Waals surface area (Å²) >= 11 is 0. The topological polar surface area (TPSA) is 35.5 Å². The van der Waals surface area contributed by atoms with Crippen LogP contribution in [0.2, 0.25) is 0 Å². The van der Waals surface area contributed by atoms with Gasteiger partial charge in [-0.15, -0.1) is 0 Å². The fourth-order valence-corrected chi connectivity index (χ4v) is 1.17. The third-order valence-corrected chi connectivity index (χ3v) is 1.99. The molecule has 0 aromatic heterocycles. The van der Waals surface area contributed by atoms with E-state index in [2.05, 4.69) is 16.1 Å². The molecule has 0 heterocycles. The van der Waals surface area contributed by atoms with Crippen LogP contribution in [-0.4, -0.2) is 19.7 Å². The zero-order chi connectivity index (χ0) is 13.9. The van der Waals surface area contributed by atoms with Crippen molar-refractivity contribution in [3.05, 3.63) is 41.2 Å². The number of carbonyl (C=O) groups excluding carboxylic acids is 1. The van der Waals surface area contributed by atoms with Gasteiger partial charge < -0.3 is 9.47 Å². The molecule has 6 heteroatoms. The second-order valence-corrected chi connectivity index (χ2v) is 3.60. The van der Waals surface area contributed by atoms with E-state index < -0.39 is 34.7 Å². The number of halogens is 3. The number of hydrogen-bond acceptors (Lipinski definition) is 3. The molecule has 0 saturated heterocycles. The van der Waals surface area contributed by atoms with Crippen LogP contribution in [0.5, 0.6) is 5.75 Å². The summed E-state index contributed by atoms with van der Waals surface area (Å²) in [7, 11) is 0.962. The summed E-state index contributed by atoms with van der Waals surface area (Å²) in [6.07, 6.45) is 0. The lowest BCUT2D eigenvalue weighted by Gasteiger charge is -2.09. The Morgan fingerprint density at radius 1 is 1.33 bits per heavy atom. The Kier molecular flexibility index (Phi) is 4.36. The maximum absolute atomic E-state index is 13.6. The molecule has 1 aromatic rings. The lowest BCUT2D eigenvalue weighted by atomic mass is 10.2. The van der Waals surface area contributed by atoms with Gasteiger partial charge in [0.05, 0.1) is 7.11 Å². The summed E-state index contributed by atoms with van der Waals surface area (Å²) in [6.45, 7) is 4.93. The van der Waals surface area contributed by atoms with E-state index in [1.165, 1.54) is 0 Å². The molecule has 0 unspecified atom stereocenters. The van der Waals surface area contributed by atoms with Gasteiger partial charge in [-0.05, 0) is 18.6 Å². The van der Waals surface area contributed by atoms with E-state index in [1.807, 2.05) is 0 Å². The SMILES string of the molecule is C=C(C)COC(=O)c1cc(F)c(F)c(OC)c1F. The Bertz CT molecular complexity index is 498. The Hall–Kier alpha value is -1.98. The molecule has 0 aliphatic rings. The van der Waals surface area contributed by atoms with Crippen LogP contribution in [0.3, 0.4) is 0 Å². The number of esters is 1. The average molecular weight is 260 g/mol. The largest absolute Gasteiger partial charge is 0.491 e. The first-order valence-corrected chi connectivity index (χ1v) is 4.91. The van der Waals surface area contributed by atoms with Crippen LogP contribution in [-0.2, 0) is 4.74 Å². The average Bonchev–Trinajstić information content (AvgIpc) is 2.31. The molecule has 3 nitrogen and oxygen atoms in total. The summed E-state index contributed by atoms with van der Waals surface area (Å²) in [5.41, 5.74) is -0.203. The van der Waals surface area contributed by atoms with Crippen molar-refractivity contribution in [3.63, 3.8) is 0 Å². The monoisotopic (exact) mass is 260 g/mol. The summed E-state index contributed by atoms with van der Waals surface area (Å²) in [5, 5.41) is 0. The standard InChI is InChI=1S/C12H11F3O3/c1-6(2)5-18-12(16)7-4-8(13)10(15)11(17-3)9(7)14/h4H,1,5H2,2-3H3. The van der Waals surface area contributed by atoms with Gasteiger partial charge in [-0.3, -0.25) is 0 Å². The normalized spacial score (nSPS) is 10.1. The van der Waals surface area contributed by atoms with Gasteiger partial charge in [0, 0.05) is 0 Å². The minimum atomic E-state index is -1.49. The maximum atomic E-state index is 13.6. The fourth-order valence-electron chi connectivity index (χ4n) is 1.17. The fraction of sp³-hybridized carbons (Fsp3) is 0.250. The van der Waals surface area contributed by atoms with E-state index in [0.29, 0.717) is 11.6 Å². The number of hydrogen-bond donors (Lipinski definition) is 0. The number of rotatable bonds is 4. The van der Waals surface area contributed by atoms with Crippen LogP contribution in [0, 0.1) is 17.5 Å². The van der Waals surface area contributed by atoms with Gasteiger partial charge in [0.1, 0.15) is 12.2 Å². The van der Waals surface area contributed by atoms with Crippen LogP contribution in [0.1, 0.15) is 17.3 Å². The van der Waals surface area contributed by atoms with Crippen LogP contribution < -0.4 is 4.74 Å². The van der Waals surface area contributed by atoms with Crippen LogP contribution in [0.4, 0.5) is 13.2 Å². The molecule has 1 aromatic carbocycles. The highest BCUT2D eigenvalue weighted by Crippen LogP contribution is 2.27. The van der Waals surface area contributed by atoms with Crippen molar-refractivity contribution in [2.45, 2.75) is 6.92 Å². The Labute approximate surface area is 102 Å². The molecule has 0 radical (unpaired) electrons. The smallest absolute Gasteiger partial charge is 0.341 e. The summed E-state index contributed by atoms with van der Waals surface area (Å²) in [6, 6.07) is 0.425. The molecule has 0 aliphatic carbocycles. The Balaban J connectivity index is 3.13. The molecule has 0 N–H and O–H groups in total. The molecule has 0 fully saturated rings. The van der Waals surface area contributed by atoms with E-state index in [4.69, 9.17) is 0 Å². The second kappa shape index (κ2) is 5.57. The maximum Gasteiger partial charge on any atom is 0.341 e. The zero-order valence-corrected chi connectivity index (χ0v) is 9.85. The molecule has 0 saturated carbocycles. The van der Waals surface area contributed by atoms with Crippen molar-refractivity contribution in [2.75, 3.05) is 13.7 Å². The van der Waals surface area contributed by atoms with Crippen molar-refractivity contribution in [1.82, 2.24) is 0 Å². The molecule has 0 amide bonds. The van der Waals surface area contributed by atoms with Gasteiger partial charge in [-0.25, -0.2) is 13.6 Å². The van der Waals surface area contributed by atoms with E-state index >= 15 is 0 Å². The predicted octanol–water partition coefficient (Wildman–Crippen LogP) is 2.85. The van der Waals surface area contributed by atoms with E-state index in [0.717, 1.165) is 7.11 Å². The van der Waals surface area contributed by atoms with Crippen molar-refractivity contribution >= 4 is 5.97 Å². The molecular weight excluding hydrogens is 249 g/mol. The first-order valence-electron chi connectivity index (χ1n) is 4.91. The lowest BCUT2D eigenvalue weighted by Crippen LogP contribution is -2.11. The summed E-state index contributed by atoms with van der Waals surface area (Å²) < 4.78 is 48.9. The van der Waals surface area contributed by atoms with Crippen molar-refractivity contribution < 1.29 is 27.4 Å². The highest BCUT2D eigenvalue weighted by molar-refractivity contribution is 5.90. The van der Waals surface area contributed by atoms with Crippen molar-refractivity contribution in [2.24, 2.45) is 0 Å². The molecule has 0 aliphatic heterocycles. The van der Waals surface area contributed by atoms with Crippen LogP contribution in [0.15, 0.2) is 18.2 Å². The third kappa shape index (κ3) is 2.82. The predicted molar refractivity (Wildman–Crippen MR) is 58.0 cm³/mol.